The number of carbonyl (C=O) groups is 1. The number of hydrogen-bond donors (Lipinski definition) is 2. The highest BCUT2D eigenvalue weighted by Gasteiger charge is 2.26. The molecule has 9 heteroatoms. The van der Waals surface area contributed by atoms with Crippen molar-refractivity contribution in [3.05, 3.63) is 70.1 Å². The minimum Gasteiger partial charge on any atom is -0.454 e. The molecule has 2 aliphatic rings. The van der Waals surface area contributed by atoms with E-state index in [9.17, 15) is 9.59 Å². The van der Waals surface area contributed by atoms with Crippen LogP contribution >= 0.6 is 11.3 Å². The first-order valence-corrected chi connectivity index (χ1v) is 12.5. The van der Waals surface area contributed by atoms with Gasteiger partial charge in [-0.3, -0.25) is 14.5 Å². The molecule has 0 saturated carbocycles. The van der Waals surface area contributed by atoms with Gasteiger partial charge in [0.25, 0.3) is 5.56 Å². The second kappa shape index (κ2) is 9.16. The molecule has 0 radical (unpaired) electrons. The molecule has 0 atom stereocenters. The van der Waals surface area contributed by atoms with Gasteiger partial charge in [0.05, 0.1) is 11.9 Å². The number of amides is 1. The number of rotatable bonds is 5. The largest absolute Gasteiger partial charge is 0.454 e. The molecule has 2 aromatic heterocycles. The van der Waals surface area contributed by atoms with E-state index >= 15 is 0 Å². The molecule has 4 aromatic rings. The van der Waals surface area contributed by atoms with Gasteiger partial charge >= 0.3 is 0 Å². The molecule has 178 valence electrons. The highest BCUT2D eigenvalue weighted by Crippen LogP contribution is 2.35. The van der Waals surface area contributed by atoms with Crippen molar-refractivity contribution < 1.29 is 14.3 Å². The Morgan fingerprint density at radius 3 is 2.74 bits per heavy atom. The molecule has 6 rings (SSSR count). The summed E-state index contributed by atoms with van der Waals surface area (Å²) in [7, 11) is 0. The van der Waals surface area contributed by atoms with E-state index in [2.05, 4.69) is 15.2 Å². The van der Waals surface area contributed by atoms with Gasteiger partial charge in [-0.2, -0.15) is 0 Å². The average Bonchev–Trinajstić information content (AvgIpc) is 3.52. The van der Waals surface area contributed by atoms with E-state index in [0.717, 1.165) is 41.9 Å². The van der Waals surface area contributed by atoms with Gasteiger partial charge < -0.3 is 19.8 Å². The first-order chi connectivity index (χ1) is 17.1. The number of hydrogen-bond acceptors (Lipinski definition) is 7. The fourth-order valence-corrected chi connectivity index (χ4v) is 5.65. The number of likely N-dealkylation sites (tertiary alicyclic amines) is 1. The van der Waals surface area contributed by atoms with Crippen molar-refractivity contribution in [2.24, 2.45) is 5.92 Å². The molecule has 2 N–H and O–H groups in total. The summed E-state index contributed by atoms with van der Waals surface area (Å²) in [6.07, 6.45) is 1.50. The van der Waals surface area contributed by atoms with E-state index in [1.54, 1.807) is 6.07 Å². The Hall–Kier alpha value is -3.69. The third-order valence-corrected chi connectivity index (χ3v) is 7.42. The predicted molar refractivity (Wildman–Crippen MR) is 135 cm³/mol. The van der Waals surface area contributed by atoms with Crippen LogP contribution in [0.2, 0.25) is 0 Å². The molecule has 1 saturated heterocycles. The SMILES string of the molecule is O=C(Nc1ccc2c(c1)OCO2)C1CCN(Cc2nc3scc(-c4ccccc4)c3c(=O)[nH]2)CC1. The lowest BCUT2D eigenvalue weighted by Gasteiger charge is -2.30. The van der Waals surface area contributed by atoms with E-state index in [0.29, 0.717) is 34.9 Å². The molecule has 4 heterocycles. The van der Waals surface area contributed by atoms with Crippen molar-refractivity contribution >= 4 is 33.1 Å². The van der Waals surface area contributed by atoms with Crippen LogP contribution in [0.15, 0.2) is 58.7 Å². The van der Waals surface area contributed by atoms with Gasteiger partial charge in [-0.15, -0.1) is 11.3 Å². The normalized spacial score (nSPS) is 16.0. The number of nitrogens with zero attached hydrogens (tertiary/aromatic N) is 2. The third-order valence-electron chi connectivity index (χ3n) is 6.55. The smallest absolute Gasteiger partial charge is 0.260 e. The van der Waals surface area contributed by atoms with Crippen LogP contribution in [0.25, 0.3) is 21.3 Å². The first-order valence-electron chi connectivity index (χ1n) is 11.6. The second-order valence-corrected chi connectivity index (χ2v) is 9.67. The maximum Gasteiger partial charge on any atom is 0.260 e. The van der Waals surface area contributed by atoms with E-state index in [-0.39, 0.29) is 24.2 Å². The van der Waals surface area contributed by atoms with Crippen molar-refractivity contribution in [1.29, 1.82) is 0 Å². The number of benzene rings is 2. The van der Waals surface area contributed by atoms with Crippen LogP contribution < -0.4 is 20.3 Å². The molecule has 1 fully saturated rings. The fourth-order valence-electron chi connectivity index (χ4n) is 4.68. The van der Waals surface area contributed by atoms with Crippen molar-refractivity contribution in [3.8, 4) is 22.6 Å². The summed E-state index contributed by atoms with van der Waals surface area (Å²) in [6.45, 7) is 2.29. The Balaban J connectivity index is 1.09. The minimum atomic E-state index is -0.108. The number of aromatic amines is 1. The number of fused-ring (bicyclic) bond motifs is 2. The zero-order valence-electron chi connectivity index (χ0n) is 19.0. The molecule has 1 amide bonds. The van der Waals surface area contributed by atoms with Crippen molar-refractivity contribution in [3.63, 3.8) is 0 Å². The molecule has 2 aliphatic heterocycles. The van der Waals surface area contributed by atoms with Crippen molar-refractivity contribution in [1.82, 2.24) is 14.9 Å². The summed E-state index contributed by atoms with van der Waals surface area (Å²) in [5.41, 5.74) is 2.53. The Morgan fingerprint density at radius 2 is 1.91 bits per heavy atom. The zero-order valence-corrected chi connectivity index (χ0v) is 19.8. The molecule has 2 aromatic carbocycles. The Labute approximate surface area is 205 Å². The summed E-state index contributed by atoms with van der Waals surface area (Å²) in [4.78, 5) is 36.4. The lowest BCUT2D eigenvalue weighted by Crippen LogP contribution is -2.38. The van der Waals surface area contributed by atoms with Gasteiger partial charge in [0, 0.05) is 28.6 Å². The number of H-pyrrole nitrogens is 1. The monoisotopic (exact) mass is 488 g/mol. The van der Waals surface area contributed by atoms with Gasteiger partial charge in [-0.1, -0.05) is 30.3 Å². The lowest BCUT2D eigenvalue weighted by atomic mass is 9.95. The van der Waals surface area contributed by atoms with E-state index in [1.807, 2.05) is 47.8 Å². The summed E-state index contributed by atoms with van der Waals surface area (Å²) < 4.78 is 10.7. The maximum atomic E-state index is 12.9. The van der Waals surface area contributed by atoms with Crippen LogP contribution in [-0.4, -0.2) is 40.7 Å². The summed E-state index contributed by atoms with van der Waals surface area (Å²) >= 11 is 1.49. The molecule has 0 spiro atoms. The highest BCUT2D eigenvalue weighted by atomic mass is 32.1. The minimum absolute atomic E-state index is 0.0171. The Morgan fingerprint density at radius 1 is 1.11 bits per heavy atom. The number of piperidine rings is 1. The molecule has 35 heavy (non-hydrogen) atoms. The van der Waals surface area contributed by atoms with Crippen LogP contribution in [0.4, 0.5) is 5.69 Å². The van der Waals surface area contributed by atoms with Gasteiger partial charge in [0.2, 0.25) is 12.7 Å². The van der Waals surface area contributed by atoms with Gasteiger partial charge in [0.15, 0.2) is 11.5 Å². The number of thiophene rings is 1. The predicted octanol–water partition coefficient (Wildman–Crippen LogP) is 4.23. The standard InChI is InChI=1S/C26H24N4O4S/c31-24(27-18-6-7-20-21(12-18)34-15-33-20)17-8-10-30(11-9-17)13-22-28-25(32)23-19(14-35-26(23)29-22)16-4-2-1-3-5-16/h1-7,12,14,17H,8-11,13,15H2,(H,27,31)(H,28,29,32). The summed E-state index contributed by atoms with van der Waals surface area (Å²) in [5.74, 6) is 1.96. The molecule has 0 aliphatic carbocycles. The summed E-state index contributed by atoms with van der Waals surface area (Å²) in [6, 6.07) is 15.3. The van der Waals surface area contributed by atoms with Crippen LogP contribution in [0, 0.1) is 5.92 Å². The second-order valence-electron chi connectivity index (χ2n) is 8.82. The van der Waals surface area contributed by atoms with Crippen LogP contribution in [0.1, 0.15) is 18.7 Å². The third kappa shape index (κ3) is 4.40. The Bertz CT molecular complexity index is 1440. The fraction of sp³-hybridized carbons (Fsp3) is 0.269. The van der Waals surface area contributed by atoms with Gasteiger partial charge in [-0.25, -0.2) is 4.98 Å². The zero-order chi connectivity index (χ0) is 23.8. The quantitative estimate of drug-likeness (QED) is 0.436. The van der Waals surface area contributed by atoms with E-state index in [1.165, 1.54) is 11.3 Å². The number of carbonyl (C=O) groups excluding carboxylic acids is 1. The first kappa shape index (κ1) is 21.8. The highest BCUT2D eigenvalue weighted by molar-refractivity contribution is 7.17. The maximum absolute atomic E-state index is 12.9. The average molecular weight is 489 g/mol. The molecular formula is C26H24N4O4S. The van der Waals surface area contributed by atoms with Crippen molar-refractivity contribution in [2.45, 2.75) is 19.4 Å². The summed E-state index contributed by atoms with van der Waals surface area (Å²) in [5, 5.41) is 5.64. The van der Waals surface area contributed by atoms with Gasteiger partial charge in [0.1, 0.15) is 10.7 Å². The Kier molecular flexibility index (Phi) is 5.71. The number of nitrogens with one attached hydrogen (secondary N) is 2. The number of anilines is 1. The van der Waals surface area contributed by atoms with E-state index in [4.69, 9.17) is 14.5 Å². The molecule has 8 nitrogen and oxygen atoms in total. The number of aromatic nitrogens is 2. The van der Waals surface area contributed by atoms with Crippen LogP contribution in [-0.2, 0) is 11.3 Å². The number of ether oxygens (including phenoxy) is 2. The molecule has 0 bridgehead atoms. The van der Waals surface area contributed by atoms with Gasteiger partial charge in [-0.05, 0) is 43.6 Å². The molecular weight excluding hydrogens is 464 g/mol. The topological polar surface area (TPSA) is 96.6 Å². The lowest BCUT2D eigenvalue weighted by molar-refractivity contribution is -0.121. The van der Waals surface area contributed by atoms with Crippen LogP contribution in [0.5, 0.6) is 11.5 Å². The van der Waals surface area contributed by atoms with Crippen LogP contribution in [0.3, 0.4) is 0 Å². The van der Waals surface area contributed by atoms with E-state index < -0.39 is 0 Å². The van der Waals surface area contributed by atoms with Crippen molar-refractivity contribution in [2.75, 3.05) is 25.2 Å². The molecule has 0 unspecified atom stereocenters.